The van der Waals surface area contributed by atoms with Gasteiger partial charge < -0.3 is 14.6 Å². The smallest absolute Gasteiger partial charge is 0.253 e. The van der Waals surface area contributed by atoms with Gasteiger partial charge in [0.2, 0.25) is 0 Å². The molecule has 1 saturated heterocycles. The minimum absolute atomic E-state index is 0.0177. The van der Waals surface area contributed by atoms with Crippen molar-refractivity contribution in [2.24, 2.45) is 0 Å². The summed E-state index contributed by atoms with van der Waals surface area (Å²) in [4.78, 5) is 22.3. The Kier molecular flexibility index (Phi) is 3.56. The number of carbonyl (C=O) groups excluding carboxylic acids is 1. The van der Waals surface area contributed by atoms with Crippen LogP contribution in [0.1, 0.15) is 28.5 Å². The molecule has 2 atom stereocenters. The first-order chi connectivity index (χ1) is 12.8. The van der Waals surface area contributed by atoms with Crippen molar-refractivity contribution in [1.82, 2.24) is 29.9 Å². The van der Waals surface area contributed by atoms with Crippen molar-refractivity contribution in [3.8, 4) is 11.4 Å². The average molecular weight is 350 g/mol. The third-order valence-electron chi connectivity index (χ3n) is 5.10. The third kappa shape index (κ3) is 2.50. The number of ether oxygens (including phenoxy) is 1. The Morgan fingerprint density at radius 2 is 2.31 bits per heavy atom. The van der Waals surface area contributed by atoms with Crippen LogP contribution in [0.4, 0.5) is 0 Å². The van der Waals surface area contributed by atoms with E-state index in [0.717, 1.165) is 23.5 Å². The molecule has 4 heterocycles. The van der Waals surface area contributed by atoms with E-state index in [1.54, 1.807) is 18.6 Å². The number of piperidine rings is 1. The molecule has 2 aliphatic heterocycles. The minimum atomic E-state index is 0.0177. The largest absolute Gasteiger partial charge is 0.370 e. The number of nitrogens with zero attached hydrogens (tertiary/aromatic N) is 5. The van der Waals surface area contributed by atoms with E-state index >= 15 is 0 Å². The Labute approximate surface area is 149 Å². The second kappa shape index (κ2) is 6.06. The van der Waals surface area contributed by atoms with E-state index in [9.17, 15) is 4.79 Å². The summed E-state index contributed by atoms with van der Waals surface area (Å²) in [6, 6.07) is 7.58. The van der Waals surface area contributed by atoms with E-state index < -0.39 is 0 Å². The van der Waals surface area contributed by atoms with Gasteiger partial charge in [0.15, 0.2) is 0 Å². The van der Waals surface area contributed by atoms with Gasteiger partial charge in [-0.05, 0) is 18.6 Å². The molecule has 1 aromatic carbocycles. The lowest BCUT2D eigenvalue weighted by molar-refractivity contribution is -0.0605. The topological polar surface area (TPSA) is 88.9 Å². The SMILES string of the molecule is O=C(c1cccc(-c2ncc[nH]2)c1)N1CC[C@H]2OCc3cnnn3[C@@H]2C1. The lowest BCUT2D eigenvalue weighted by Gasteiger charge is -2.41. The molecule has 8 nitrogen and oxygen atoms in total. The van der Waals surface area contributed by atoms with Crippen molar-refractivity contribution >= 4 is 5.91 Å². The molecule has 8 heteroatoms. The quantitative estimate of drug-likeness (QED) is 0.759. The molecule has 1 amide bonds. The Hall–Kier alpha value is -3.00. The fourth-order valence-electron chi connectivity index (χ4n) is 3.77. The molecule has 0 unspecified atom stereocenters. The monoisotopic (exact) mass is 350 g/mol. The van der Waals surface area contributed by atoms with E-state index in [4.69, 9.17) is 4.74 Å². The first-order valence-electron chi connectivity index (χ1n) is 8.69. The van der Waals surface area contributed by atoms with Crippen LogP contribution in [0.3, 0.4) is 0 Å². The number of aromatic amines is 1. The van der Waals surface area contributed by atoms with Crippen LogP contribution in [0.2, 0.25) is 0 Å². The summed E-state index contributed by atoms with van der Waals surface area (Å²) >= 11 is 0. The maximum Gasteiger partial charge on any atom is 0.253 e. The number of benzene rings is 1. The molecule has 0 radical (unpaired) electrons. The summed E-state index contributed by atoms with van der Waals surface area (Å²) in [6.07, 6.45) is 6.08. The zero-order valence-electron chi connectivity index (χ0n) is 14.1. The molecule has 0 saturated carbocycles. The highest BCUT2D eigenvalue weighted by atomic mass is 16.5. The number of fused-ring (bicyclic) bond motifs is 3. The maximum atomic E-state index is 13.1. The Morgan fingerprint density at radius 3 is 3.19 bits per heavy atom. The van der Waals surface area contributed by atoms with Crippen molar-refractivity contribution in [2.75, 3.05) is 13.1 Å². The van der Waals surface area contributed by atoms with Crippen LogP contribution in [0.25, 0.3) is 11.4 Å². The molecule has 0 aliphatic carbocycles. The molecule has 1 N–H and O–H groups in total. The molecule has 2 aromatic heterocycles. The van der Waals surface area contributed by atoms with Crippen LogP contribution >= 0.6 is 0 Å². The van der Waals surface area contributed by atoms with Crippen molar-refractivity contribution < 1.29 is 9.53 Å². The van der Waals surface area contributed by atoms with Gasteiger partial charge >= 0.3 is 0 Å². The minimum Gasteiger partial charge on any atom is -0.370 e. The van der Waals surface area contributed by atoms with Crippen molar-refractivity contribution in [1.29, 1.82) is 0 Å². The number of nitrogens with one attached hydrogen (secondary N) is 1. The molecular weight excluding hydrogens is 332 g/mol. The van der Waals surface area contributed by atoms with Crippen LogP contribution in [0, 0.1) is 0 Å². The van der Waals surface area contributed by atoms with E-state index in [2.05, 4.69) is 20.3 Å². The molecule has 132 valence electrons. The number of rotatable bonds is 2. The van der Waals surface area contributed by atoms with Crippen LogP contribution < -0.4 is 0 Å². The predicted molar refractivity (Wildman–Crippen MR) is 92.2 cm³/mol. The van der Waals surface area contributed by atoms with E-state index in [1.807, 2.05) is 33.8 Å². The number of imidazole rings is 1. The summed E-state index contributed by atoms with van der Waals surface area (Å²) in [7, 11) is 0. The second-order valence-corrected chi connectivity index (χ2v) is 6.65. The number of aromatic nitrogens is 5. The molecule has 5 rings (SSSR count). The summed E-state index contributed by atoms with van der Waals surface area (Å²) < 4.78 is 7.83. The molecule has 26 heavy (non-hydrogen) atoms. The van der Waals surface area contributed by atoms with Gasteiger partial charge in [0.25, 0.3) is 5.91 Å². The van der Waals surface area contributed by atoms with Crippen molar-refractivity contribution in [2.45, 2.75) is 25.2 Å². The van der Waals surface area contributed by atoms with Gasteiger partial charge in [0.05, 0.1) is 30.6 Å². The standard InChI is InChI=1S/C18H18N6O2/c25-18(13-3-1-2-12(8-13)17-19-5-6-20-17)23-7-4-16-15(10-23)24-14(11-26-16)9-21-22-24/h1-3,5-6,8-9,15-16H,4,7,10-11H2,(H,19,20)/t15-,16-/m1/s1. The van der Waals surface area contributed by atoms with Crippen LogP contribution in [0.5, 0.6) is 0 Å². The first-order valence-corrected chi connectivity index (χ1v) is 8.69. The summed E-state index contributed by atoms with van der Waals surface area (Å²) in [5, 5.41) is 8.17. The molecule has 1 fully saturated rings. The van der Waals surface area contributed by atoms with Crippen LogP contribution in [0.15, 0.2) is 42.9 Å². The molecule has 3 aromatic rings. The normalized spacial score (nSPS) is 21.9. The molecule has 0 spiro atoms. The third-order valence-corrected chi connectivity index (χ3v) is 5.10. The number of H-pyrrole nitrogens is 1. The van der Waals surface area contributed by atoms with Crippen LogP contribution in [-0.4, -0.2) is 55.0 Å². The predicted octanol–water partition coefficient (Wildman–Crippen LogP) is 1.65. The van der Waals surface area contributed by atoms with Crippen LogP contribution in [-0.2, 0) is 11.3 Å². The zero-order chi connectivity index (χ0) is 17.5. The summed E-state index contributed by atoms with van der Waals surface area (Å²) in [5.41, 5.74) is 2.52. The fraction of sp³-hybridized carbons (Fsp3) is 0.333. The maximum absolute atomic E-state index is 13.1. The van der Waals surface area contributed by atoms with Gasteiger partial charge in [-0.2, -0.15) is 0 Å². The lowest BCUT2D eigenvalue weighted by atomic mass is 9.99. The average Bonchev–Trinajstić information content (AvgIpc) is 3.39. The van der Waals surface area contributed by atoms with E-state index in [-0.39, 0.29) is 18.1 Å². The fourth-order valence-corrected chi connectivity index (χ4v) is 3.77. The zero-order valence-corrected chi connectivity index (χ0v) is 14.1. The first kappa shape index (κ1) is 15.3. The van der Waals surface area contributed by atoms with Gasteiger partial charge in [-0.1, -0.05) is 17.3 Å². The van der Waals surface area contributed by atoms with E-state index in [1.165, 1.54) is 0 Å². The summed E-state index contributed by atoms with van der Waals surface area (Å²) in [5.74, 6) is 0.774. The highest BCUT2D eigenvalue weighted by molar-refractivity contribution is 5.95. The molecule has 2 aliphatic rings. The molecular formula is C18H18N6O2. The van der Waals surface area contributed by atoms with Gasteiger partial charge in [-0.3, -0.25) is 4.79 Å². The van der Waals surface area contributed by atoms with Gasteiger partial charge in [0.1, 0.15) is 5.82 Å². The van der Waals surface area contributed by atoms with Gasteiger partial charge in [-0.15, -0.1) is 5.10 Å². The number of likely N-dealkylation sites (tertiary alicyclic amines) is 1. The number of hydrogen-bond donors (Lipinski definition) is 1. The highest BCUT2D eigenvalue weighted by Crippen LogP contribution is 2.30. The van der Waals surface area contributed by atoms with Gasteiger partial charge in [-0.25, -0.2) is 9.67 Å². The lowest BCUT2D eigenvalue weighted by Crippen LogP contribution is -2.49. The Balaban J connectivity index is 1.40. The van der Waals surface area contributed by atoms with Gasteiger partial charge in [0, 0.05) is 36.6 Å². The van der Waals surface area contributed by atoms with Crippen molar-refractivity contribution in [3.63, 3.8) is 0 Å². The number of hydrogen-bond acceptors (Lipinski definition) is 5. The van der Waals surface area contributed by atoms with E-state index in [0.29, 0.717) is 25.3 Å². The number of amides is 1. The van der Waals surface area contributed by atoms with Crippen molar-refractivity contribution in [3.05, 3.63) is 54.1 Å². The molecule has 0 bridgehead atoms. The number of carbonyl (C=O) groups is 1. The summed E-state index contributed by atoms with van der Waals surface area (Å²) in [6.45, 7) is 1.78. The highest BCUT2D eigenvalue weighted by Gasteiger charge is 2.38. The second-order valence-electron chi connectivity index (χ2n) is 6.65. The Bertz CT molecular complexity index is 935. The Morgan fingerprint density at radius 1 is 1.35 bits per heavy atom.